The van der Waals surface area contributed by atoms with Crippen LogP contribution in [0.5, 0.6) is 0 Å². The Balaban J connectivity index is 1.86. The van der Waals surface area contributed by atoms with E-state index >= 15 is 0 Å². The van der Waals surface area contributed by atoms with Crippen LogP contribution in [-0.2, 0) is 6.54 Å². The number of hydrogen-bond donors (Lipinski definition) is 2. The predicted molar refractivity (Wildman–Crippen MR) is 107 cm³/mol. The van der Waals surface area contributed by atoms with Crippen molar-refractivity contribution < 1.29 is 0 Å². The summed E-state index contributed by atoms with van der Waals surface area (Å²) >= 11 is 0. The van der Waals surface area contributed by atoms with Gasteiger partial charge in [0.2, 0.25) is 0 Å². The fourth-order valence-electron chi connectivity index (χ4n) is 2.57. The van der Waals surface area contributed by atoms with Gasteiger partial charge in [0.15, 0.2) is 17.3 Å². The number of aromatic amines is 1. The molecule has 3 heterocycles. The highest BCUT2D eigenvalue weighted by Crippen LogP contribution is 2.20. The van der Waals surface area contributed by atoms with Crippen molar-refractivity contribution >= 4 is 22.8 Å². The van der Waals surface area contributed by atoms with Crippen molar-refractivity contribution in [1.82, 2.24) is 24.7 Å². The van der Waals surface area contributed by atoms with Crippen LogP contribution in [0.1, 0.15) is 32.4 Å². The normalized spacial score (nSPS) is 12.4. The largest absolute Gasteiger partial charge is 0.327 e. The van der Waals surface area contributed by atoms with Crippen molar-refractivity contribution in [3.8, 4) is 0 Å². The molecule has 0 aliphatic heterocycles. The van der Waals surface area contributed by atoms with Gasteiger partial charge in [-0.25, -0.2) is 9.97 Å². The average Bonchev–Trinajstić information content (AvgIpc) is 3.26. The molecular weight excluding hydrogens is 324 g/mol. The maximum Gasteiger partial charge on any atom is 0.161 e. The molecule has 0 saturated heterocycles. The lowest BCUT2D eigenvalue weighted by atomic mass is 10.1. The summed E-state index contributed by atoms with van der Waals surface area (Å²) in [6, 6.07) is 3.96. The van der Waals surface area contributed by atoms with Crippen molar-refractivity contribution in [1.29, 1.82) is 0 Å². The molecule has 0 amide bonds. The van der Waals surface area contributed by atoms with E-state index in [1.54, 1.807) is 6.20 Å². The Hall–Kier alpha value is -3.15. The number of rotatable bonds is 7. The van der Waals surface area contributed by atoms with Gasteiger partial charge in [-0.2, -0.15) is 5.10 Å². The number of H-pyrrole nitrogens is 1. The number of hydrogen-bond acceptors (Lipinski definition) is 4. The molecule has 0 spiro atoms. The summed E-state index contributed by atoms with van der Waals surface area (Å²) in [5.74, 6) is 1.79. The Morgan fingerprint density at radius 1 is 1.38 bits per heavy atom. The molecule has 0 atom stereocenters. The highest BCUT2D eigenvalue weighted by Gasteiger charge is 2.09. The number of nitrogens with zero attached hydrogens (tertiary/aromatic N) is 4. The van der Waals surface area contributed by atoms with Gasteiger partial charge < -0.3 is 9.88 Å². The van der Waals surface area contributed by atoms with Crippen LogP contribution < -0.4 is 5.32 Å². The maximum absolute atomic E-state index is 4.71. The maximum atomic E-state index is 4.71. The molecule has 0 aliphatic rings. The summed E-state index contributed by atoms with van der Waals surface area (Å²) in [4.78, 5) is 9.20. The number of aromatic nitrogens is 5. The van der Waals surface area contributed by atoms with Crippen molar-refractivity contribution in [3.05, 3.63) is 66.7 Å². The molecule has 0 aromatic carbocycles. The lowest BCUT2D eigenvalue weighted by molar-refractivity contribution is 0.811. The highest BCUT2D eigenvalue weighted by atomic mass is 15.2. The van der Waals surface area contributed by atoms with Gasteiger partial charge in [0.25, 0.3) is 0 Å². The second-order valence-electron chi connectivity index (χ2n) is 6.37. The van der Waals surface area contributed by atoms with Crippen LogP contribution >= 0.6 is 0 Å². The first-order valence-corrected chi connectivity index (χ1v) is 8.69. The van der Waals surface area contributed by atoms with Gasteiger partial charge in [-0.05, 0) is 24.5 Å². The third-order valence-corrected chi connectivity index (χ3v) is 4.06. The Labute approximate surface area is 153 Å². The fraction of sp³-hybridized carbons (Fsp3) is 0.250. The third kappa shape index (κ3) is 3.91. The molecule has 0 unspecified atom stereocenters. The summed E-state index contributed by atoms with van der Waals surface area (Å²) in [7, 11) is 0. The van der Waals surface area contributed by atoms with Crippen molar-refractivity contribution in [2.75, 3.05) is 5.32 Å². The lowest BCUT2D eigenvalue weighted by Gasteiger charge is -2.07. The topological polar surface area (TPSA) is 71.4 Å². The Kier molecular flexibility index (Phi) is 5.31. The number of fused-ring (bicyclic) bond motifs is 1. The van der Waals surface area contributed by atoms with Crippen molar-refractivity contribution in [2.45, 2.75) is 33.2 Å². The minimum absolute atomic E-state index is 0.394. The third-order valence-electron chi connectivity index (χ3n) is 4.06. The Morgan fingerprint density at radius 3 is 2.92 bits per heavy atom. The van der Waals surface area contributed by atoms with Crippen molar-refractivity contribution in [3.63, 3.8) is 0 Å². The average molecular weight is 348 g/mol. The summed E-state index contributed by atoms with van der Waals surface area (Å²) < 4.78 is 2.06. The van der Waals surface area contributed by atoms with E-state index in [4.69, 9.17) is 4.98 Å². The van der Waals surface area contributed by atoms with Crippen LogP contribution in [0.25, 0.3) is 11.2 Å². The highest BCUT2D eigenvalue weighted by molar-refractivity contribution is 5.73. The zero-order valence-corrected chi connectivity index (χ0v) is 15.4. The van der Waals surface area contributed by atoms with Gasteiger partial charge in [-0.3, -0.25) is 5.10 Å². The number of anilines is 2. The second-order valence-corrected chi connectivity index (χ2v) is 6.37. The molecular formula is C20H24N6. The number of nitrogens with one attached hydrogen (secondary N) is 2. The quantitative estimate of drug-likeness (QED) is 0.607. The lowest BCUT2D eigenvalue weighted by Crippen LogP contribution is -2.02. The zero-order valence-electron chi connectivity index (χ0n) is 15.4. The van der Waals surface area contributed by atoms with Crippen LogP contribution in [0.15, 0.2) is 61.0 Å². The van der Waals surface area contributed by atoms with E-state index in [0.717, 1.165) is 28.2 Å². The molecule has 0 aliphatic carbocycles. The molecule has 0 fully saturated rings. The minimum Gasteiger partial charge on any atom is -0.327 e. The van der Waals surface area contributed by atoms with E-state index in [0.29, 0.717) is 18.3 Å². The SMILES string of the molecule is C=C/C(=C\C=C/C)Cn1ccc2ncc(Nc3cc(C(C)C)[nH]n3)nc21. The summed E-state index contributed by atoms with van der Waals surface area (Å²) in [5, 5.41) is 10.5. The predicted octanol–water partition coefficient (Wildman–Crippen LogP) is 4.71. The molecule has 26 heavy (non-hydrogen) atoms. The number of allylic oxidation sites excluding steroid dienone is 5. The van der Waals surface area contributed by atoms with Crippen LogP contribution in [0.2, 0.25) is 0 Å². The molecule has 3 aromatic heterocycles. The first kappa shape index (κ1) is 17.7. The van der Waals surface area contributed by atoms with E-state index in [9.17, 15) is 0 Å². The van der Waals surface area contributed by atoms with Gasteiger partial charge >= 0.3 is 0 Å². The first-order valence-electron chi connectivity index (χ1n) is 8.69. The molecule has 134 valence electrons. The minimum atomic E-state index is 0.394. The van der Waals surface area contributed by atoms with Gasteiger partial charge in [0.1, 0.15) is 5.52 Å². The van der Waals surface area contributed by atoms with E-state index < -0.39 is 0 Å². The van der Waals surface area contributed by atoms with Gasteiger partial charge in [-0.1, -0.05) is 44.7 Å². The van der Waals surface area contributed by atoms with E-state index in [1.165, 1.54) is 0 Å². The monoisotopic (exact) mass is 348 g/mol. The molecule has 3 aromatic rings. The van der Waals surface area contributed by atoms with E-state index in [1.807, 2.05) is 49.6 Å². The first-order chi connectivity index (χ1) is 12.6. The van der Waals surface area contributed by atoms with Crippen molar-refractivity contribution in [2.24, 2.45) is 0 Å². The molecule has 2 N–H and O–H groups in total. The molecule has 0 radical (unpaired) electrons. The summed E-state index contributed by atoms with van der Waals surface area (Å²) in [6.07, 6.45) is 11.6. The molecule has 0 bridgehead atoms. The zero-order chi connectivity index (χ0) is 18.5. The van der Waals surface area contributed by atoms with Gasteiger partial charge in [0, 0.05) is 24.5 Å². The molecule has 0 saturated carbocycles. The van der Waals surface area contributed by atoms with Gasteiger partial charge in [0.05, 0.1) is 6.20 Å². The summed E-state index contributed by atoms with van der Waals surface area (Å²) in [5.41, 5.74) is 3.86. The van der Waals surface area contributed by atoms with Crippen LogP contribution in [-0.4, -0.2) is 24.7 Å². The Morgan fingerprint density at radius 2 is 2.23 bits per heavy atom. The van der Waals surface area contributed by atoms with E-state index in [-0.39, 0.29) is 0 Å². The standard InChI is InChI=1S/C20H24N6/c1-5-7-8-15(6-2)13-26-10-9-16-20(26)23-19(12-21-16)22-18-11-17(14(3)4)24-25-18/h5-12,14H,2,13H2,1,3-4H3,(H2,22,23,24,25)/b7-5-,15-8+. The van der Waals surface area contributed by atoms with Gasteiger partial charge in [-0.15, -0.1) is 0 Å². The molecule has 6 nitrogen and oxygen atoms in total. The van der Waals surface area contributed by atoms with Crippen LogP contribution in [0.4, 0.5) is 11.6 Å². The fourth-order valence-corrected chi connectivity index (χ4v) is 2.57. The molecule has 6 heteroatoms. The smallest absolute Gasteiger partial charge is 0.161 e. The second kappa shape index (κ2) is 7.82. The Bertz CT molecular complexity index is 958. The van der Waals surface area contributed by atoms with Crippen LogP contribution in [0, 0.1) is 0 Å². The van der Waals surface area contributed by atoms with E-state index in [2.05, 4.69) is 45.5 Å². The summed E-state index contributed by atoms with van der Waals surface area (Å²) in [6.45, 7) is 10.8. The van der Waals surface area contributed by atoms with Crippen LogP contribution in [0.3, 0.4) is 0 Å². The molecule has 3 rings (SSSR count).